The Balaban J connectivity index is 1.47. The van der Waals surface area contributed by atoms with Crippen LogP contribution in [0.3, 0.4) is 0 Å². The summed E-state index contributed by atoms with van der Waals surface area (Å²) in [5, 5.41) is 8.70. The molecule has 156 valence electrons. The second-order valence-corrected chi connectivity index (χ2v) is 7.54. The van der Waals surface area contributed by atoms with Gasteiger partial charge in [-0.2, -0.15) is 0 Å². The van der Waals surface area contributed by atoms with Gasteiger partial charge in [0.1, 0.15) is 0 Å². The molecule has 2 aliphatic rings. The number of aliphatic hydroxyl groups excluding tert-OH is 1. The van der Waals surface area contributed by atoms with Gasteiger partial charge >= 0.3 is 0 Å². The standard InChI is InChI=1S/C20H29F2N3O3/c21-17-11-14-1-2-15(16(14)12-18(17)22)19(23)13-20(27)25-5-3-24(4-6-25)7-9-28-10-8-26/h11-12,15,19,26H,1-10,13,23H2. The summed E-state index contributed by atoms with van der Waals surface area (Å²) in [4.78, 5) is 16.7. The third kappa shape index (κ3) is 5.05. The van der Waals surface area contributed by atoms with Crippen LogP contribution in [0.15, 0.2) is 12.1 Å². The number of nitrogens with zero attached hydrogens (tertiary/aromatic N) is 2. The van der Waals surface area contributed by atoms with E-state index in [1.54, 1.807) is 0 Å². The number of halogens is 2. The van der Waals surface area contributed by atoms with E-state index >= 15 is 0 Å². The van der Waals surface area contributed by atoms with Crippen molar-refractivity contribution in [3.8, 4) is 0 Å². The average Bonchev–Trinajstić information content (AvgIpc) is 3.08. The molecule has 0 spiro atoms. The molecule has 1 aromatic rings. The van der Waals surface area contributed by atoms with Crippen LogP contribution in [0.4, 0.5) is 8.78 Å². The quantitative estimate of drug-likeness (QED) is 0.637. The van der Waals surface area contributed by atoms with Gasteiger partial charge in [0.25, 0.3) is 0 Å². The molecule has 3 rings (SSSR count). The Morgan fingerprint density at radius 1 is 1.21 bits per heavy atom. The maximum atomic E-state index is 13.6. The van der Waals surface area contributed by atoms with Gasteiger partial charge in [0.2, 0.25) is 5.91 Å². The summed E-state index contributed by atoms with van der Waals surface area (Å²) < 4.78 is 32.3. The van der Waals surface area contributed by atoms with E-state index in [-0.39, 0.29) is 24.9 Å². The lowest BCUT2D eigenvalue weighted by atomic mass is 9.91. The second-order valence-electron chi connectivity index (χ2n) is 7.54. The van der Waals surface area contributed by atoms with Gasteiger partial charge in [-0.15, -0.1) is 0 Å². The Hall–Kier alpha value is -1.61. The molecule has 1 heterocycles. The maximum Gasteiger partial charge on any atom is 0.224 e. The van der Waals surface area contributed by atoms with Crippen LogP contribution < -0.4 is 5.73 Å². The van der Waals surface area contributed by atoms with E-state index in [0.717, 1.165) is 30.8 Å². The zero-order chi connectivity index (χ0) is 20.1. The molecule has 1 aromatic carbocycles. The summed E-state index contributed by atoms with van der Waals surface area (Å²) in [5.74, 6) is -1.79. The molecule has 28 heavy (non-hydrogen) atoms. The monoisotopic (exact) mass is 397 g/mol. The van der Waals surface area contributed by atoms with Gasteiger partial charge < -0.3 is 20.5 Å². The number of nitrogens with two attached hydrogens (primary N) is 1. The lowest BCUT2D eigenvalue weighted by Gasteiger charge is -2.35. The number of fused-ring (bicyclic) bond motifs is 1. The molecule has 2 unspecified atom stereocenters. The minimum Gasteiger partial charge on any atom is -0.394 e. The highest BCUT2D eigenvalue weighted by molar-refractivity contribution is 5.77. The van der Waals surface area contributed by atoms with Crippen molar-refractivity contribution in [2.75, 3.05) is 52.5 Å². The molecule has 1 aliphatic carbocycles. The summed E-state index contributed by atoms with van der Waals surface area (Å²) in [6.07, 6.45) is 1.59. The Kier molecular flexibility index (Phi) is 7.34. The fourth-order valence-electron chi connectivity index (χ4n) is 4.13. The summed E-state index contributed by atoms with van der Waals surface area (Å²) in [7, 11) is 0. The molecule has 3 N–H and O–H groups in total. The highest BCUT2D eigenvalue weighted by Gasteiger charge is 2.32. The number of amides is 1. The lowest BCUT2D eigenvalue weighted by molar-refractivity contribution is -0.133. The normalized spacial score (nSPS) is 21.0. The molecule has 0 saturated carbocycles. The third-order valence-corrected chi connectivity index (χ3v) is 5.75. The van der Waals surface area contributed by atoms with E-state index in [0.29, 0.717) is 39.1 Å². The minimum atomic E-state index is -0.858. The van der Waals surface area contributed by atoms with Crippen molar-refractivity contribution in [2.24, 2.45) is 5.73 Å². The van der Waals surface area contributed by atoms with Crippen molar-refractivity contribution in [1.82, 2.24) is 9.80 Å². The Morgan fingerprint density at radius 2 is 1.93 bits per heavy atom. The zero-order valence-electron chi connectivity index (χ0n) is 16.1. The number of aliphatic hydroxyl groups is 1. The maximum absolute atomic E-state index is 13.6. The summed E-state index contributed by atoms with van der Waals surface area (Å²) in [6.45, 7) is 4.56. The fraction of sp³-hybridized carbons (Fsp3) is 0.650. The molecule has 1 fully saturated rings. The molecule has 0 radical (unpaired) electrons. The van der Waals surface area contributed by atoms with E-state index in [1.807, 2.05) is 4.90 Å². The van der Waals surface area contributed by atoms with Crippen LogP contribution in [0, 0.1) is 11.6 Å². The van der Waals surface area contributed by atoms with Crippen molar-refractivity contribution >= 4 is 5.91 Å². The van der Waals surface area contributed by atoms with Gasteiger partial charge in [0.05, 0.1) is 19.8 Å². The number of ether oxygens (including phenoxy) is 1. The van der Waals surface area contributed by atoms with Crippen molar-refractivity contribution in [2.45, 2.75) is 31.2 Å². The van der Waals surface area contributed by atoms with Crippen LogP contribution in [0.25, 0.3) is 0 Å². The first kappa shape index (κ1) is 21.1. The Morgan fingerprint density at radius 3 is 2.64 bits per heavy atom. The molecular formula is C20H29F2N3O3. The number of hydrogen-bond donors (Lipinski definition) is 2. The van der Waals surface area contributed by atoms with E-state index in [1.165, 1.54) is 12.1 Å². The average molecular weight is 397 g/mol. The van der Waals surface area contributed by atoms with Gasteiger partial charge in [0.15, 0.2) is 11.6 Å². The fourth-order valence-corrected chi connectivity index (χ4v) is 4.13. The van der Waals surface area contributed by atoms with Crippen molar-refractivity contribution in [3.05, 3.63) is 34.9 Å². The molecule has 8 heteroatoms. The first-order valence-electron chi connectivity index (χ1n) is 9.91. The number of benzene rings is 1. The van der Waals surface area contributed by atoms with Gasteiger partial charge in [0, 0.05) is 51.1 Å². The van der Waals surface area contributed by atoms with E-state index in [9.17, 15) is 13.6 Å². The van der Waals surface area contributed by atoms with Gasteiger partial charge in [-0.05, 0) is 36.1 Å². The highest BCUT2D eigenvalue weighted by atomic mass is 19.2. The predicted molar refractivity (Wildman–Crippen MR) is 101 cm³/mol. The molecular weight excluding hydrogens is 368 g/mol. The van der Waals surface area contributed by atoms with Crippen molar-refractivity contribution < 1.29 is 23.4 Å². The Bertz CT molecular complexity index is 681. The van der Waals surface area contributed by atoms with Crippen LogP contribution in [-0.4, -0.2) is 79.4 Å². The second kappa shape index (κ2) is 9.73. The first-order chi connectivity index (χ1) is 13.5. The number of piperazine rings is 1. The minimum absolute atomic E-state index is 0.0136. The van der Waals surface area contributed by atoms with Crippen LogP contribution >= 0.6 is 0 Å². The van der Waals surface area contributed by atoms with Crippen molar-refractivity contribution in [1.29, 1.82) is 0 Å². The molecule has 0 bridgehead atoms. The molecule has 6 nitrogen and oxygen atoms in total. The number of hydrogen-bond acceptors (Lipinski definition) is 5. The summed E-state index contributed by atoms with van der Waals surface area (Å²) in [6, 6.07) is 2.09. The summed E-state index contributed by atoms with van der Waals surface area (Å²) in [5.41, 5.74) is 7.84. The smallest absolute Gasteiger partial charge is 0.224 e. The van der Waals surface area contributed by atoms with Crippen molar-refractivity contribution in [3.63, 3.8) is 0 Å². The first-order valence-corrected chi connectivity index (χ1v) is 9.91. The number of carbonyl (C=O) groups is 1. The zero-order valence-corrected chi connectivity index (χ0v) is 16.1. The molecule has 2 atom stereocenters. The highest BCUT2D eigenvalue weighted by Crippen LogP contribution is 2.37. The Labute approximate surface area is 164 Å². The predicted octanol–water partition coefficient (Wildman–Crippen LogP) is 0.865. The molecule has 1 amide bonds. The SMILES string of the molecule is NC(CC(=O)N1CCN(CCOCCO)CC1)C1CCc2cc(F)c(F)cc21. The largest absolute Gasteiger partial charge is 0.394 e. The van der Waals surface area contributed by atoms with Crippen LogP contribution in [0.5, 0.6) is 0 Å². The van der Waals surface area contributed by atoms with Gasteiger partial charge in [-0.1, -0.05) is 0 Å². The molecule has 1 saturated heterocycles. The van der Waals surface area contributed by atoms with Gasteiger partial charge in [-0.25, -0.2) is 8.78 Å². The van der Waals surface area contributed by atoms with E-state index < -0.39 is 17.7 Å². The lowest BCUT2D eigenvalue weighted by Crippen LogP contribution is -2.50. The summed E-state index contributed by atoms with van der Waals surface area (Å²) >= 11 is 0. The van der Waals surface area contributed by atoms with E-state index in [4.69, 9.17) is 15.6 Å². The molecule has 0 aromatic heterocycles. The van der Waals surface area contributed by atoms with Gasteiger partial charge in [-0.3, -0.25) is 9.69 Å². The number of carbonyl (C=O) groups excluding carboxylic acids is 1. The topological polar surface area (TPSA) is 79.0 Å². The van der Waals surface area contributed by atoms with Crippen LogP contribution in [0.2, 0.25) is 0 Å². The van der Waals surface area contributed by atoms with E-state index in [2.05, 4.69) is 4.90 Å². The van der Waals surface area contributed by atoms with Crippen LogP contribution in [0.1, 0.15) is 29.9 Å². The van der Waals surface area contributed by atoms with Crippen LogP contribution in [-0.2, 0) is 16.0 Å². The molecule has 1 aliphatic heterocycles. The number of rotatable bonds is 8. The third-order valence-electron chi connectivity index (χ3n) is 5.75. The number of aryl methyl sites for hydroxylation is 1.